The van der Waals surface area contributed by atoms with Gasteiger partial charge in [0.15, 0.2) is 11.5 Å². The summed E-state index contributed by atoms with van der Waals surface area (Å²) in [5, 5.41) is 12.6. The van der Waals surface area contributed by atoms with Crippen LogP contribution in [-0.2, 0) is 9.59 Å². The molecule has 0 saturated heterocycles. The number of carbonyl (C=O) groups is 2. The zero-order valence-corrected chi connectivity index (χ0v) is 16.6. The second-order valence-electron chi connectivity index (χ2n) is 8.20. The summed E-state index contributed by atoms with van der Waals surface area (Å²) in [4.78, 5) is 32.1. The molecule has 1 amide bonds. The fourth-order valence-corrected chi connectivity index (χ4v) is 3.76. The number of nitrogens with zero attached hydrogens (tertiary/aromatic N) is 2. The number of Topliss-reactive ketones (excluding diaryl/α,β-unsaturated/α-hetero) is 1. The Balaban J connectivity index is 1.97. The summed E-state index contributed by atoms with van der Waals surface area (Å²) in [7, 11) is 0. The Kier molecular flexibility index (Phi) is 4.46. The van der Waals surface area contributed by atoms with Gasteiger partial charge in [-0.1, -0.05) is 63.2 Å². The van der Waals surface area contributed by atoms with Crippen molar-refractivity contribution < 1.29 is 14.7 Å². The number of anilines is 1. The average Bonchev–Trinajstić information content (AvgIpc) is 2.97. The van der Waals surface area contributed by atoms with Crippen LogP contribution in [0.2, 0.25) is 0 Å². The molecule has 0 radical (unpaired) electrons. The average molecular weight is 386 g/mol. The summed E-state index contributed by atoms with van der Waals surface area (Å²) in [6, 6.07) is 16.2. The number of hydrogen-bond donors (Lipinski definition) is 1. The van der Waals surface area contributed by atoms with Gasteiger partial charge >= 0.3 is 0 Å². The lowest BCUT2D eigenvalue weighted by Crippen LogP contribution is -2.33. The third-order valence-electron chi connectivity index (χ3n) is 5.16. The molecule has 0 bridgehead atoms. The predicted molar refractivity (Wildman–Crippen MR) is 113 cm³/mol. The topological polar surface area (TPSA) is 70.5 Å². The number of pyridine rings is 1. The summed E-state index contributed by atoms with van der Waals surface area (Å²) in [6.07, 6.45) is 3.27. The fourth-order valence-electron chi connectivity index (χ4n) is 3.76. The molecule has 5 nitrogen and oxygen atoms in total. The molecule has 2 aromatic carbocycles. The van der Waals surface area contributed by atoms with E-state index in [0.29, 0.717) is 11.3 Å². The largest absolute Gasteiger partial charge is 0.503 e. The van der Waals surface area contributed by atoms with Crippen molar-refractivity contribution in [1.29, 1.82) is 0 Å². The SMILES string of the molecule is CC(C)(C)C(=O)C1=C(O)C(=O)N(c2cccc3ccccc23)C1c1cccnc1. The summed E-state index contributed by atoms with van der Waals surface area (Å²) in [5.41, 5.74) is 0.679. The lowest BCUT2D eigenvalue weighted by atomic mass is 9.82. The fraction of sp³-hybridized carbons (Fsp3) is 0.208. The van der Waals surface area contributed by atoms with Crippen molar-refractivity contribution in [3.05, 3.63) is 83.9 Å². The molecule has 1 aliphatic rings. The van der Waals surface area contributed by atoms with Crippen LogP contribution in [0.15, 0.2) is 78.3 Å². The van der Waals surface area contributed by atoms with Crippen LogP contribution in [0.1, 0.15) is 32.4 Å². The van der Waals surface area contributed by atoms with Crippen molar-refractivity contribution in [2.45, 2.75) is 26.8 Å². The maximum atomic E-state index is 13.2. The van der Waals surface area contributed by atoms with Gasteiger partial charge in [0.2, 0.25) is 0 Å². The lowest BCUT2D eigenvalue weighted by Gasteiger charge is -2.29. The van der Waals surface area contributed by atoms with Crippen molar-refractivity contribution in [3.63, 3.8) is 0 Å². The summed E-state index contributed by atoms with van der Waals surface area (Å²) in [5.74, 6) is -1.34. The molecule has 0 aliphatic carbocycles. The van der Waals surface area contributed by atoms with Crippen LogP contribution in [0.25, 0.3) is 10.8 Å². The Bertz CT molecular complexity index is 1140. The molecule has 1 aliphatic heterocycles. The Hall–Kier alpha value is -3.47. The zero-order chi connectivity index (χ0) is 20.8. The van der Waals surface area contributed by atoms with Gasteiger partial charge in [-0.2, -0.15) is 0 Å². The summed E-state index contributed by atoms with van der Waals surface area (Å²) in [6.45, 7) is 5.34. The van der Waals surface area contributed by atoms with Crippen LogP contribution in [0, 0.1) is 5.41 Å². The first-order valence-electron chi connectivity index (χ1n) is 9.50. The van der Waals surface area contributed by atoms with Crippen molar-refractivity contribution in [1.82, 2.24) is 4.98 Å². The standard InChI is InChI=1S/C24H22N2O3/c1-24(2,3)22(28)19-20(16-10-7-13-25-14-16)26(23(29)21(19)27)18-12-6-9-15-8-4-5-11-17(15)18/h4-14,20,27H,1-3H3. The van der Waals surface area contributed by atoms with Gasteiger partial charge in [0.05, 0.1) is 17.3 Å². The highest BCUT2D eigenvalue weighted by molar-refractivity contribution is 6.19. The van der Waals surface area contributed by atoms with E-state index in [9.17, 15) is 14.7 Å². The third kappa shape index (κ3) is 3.09. The van der Waals surface area contributed by atoms with Gasteiger partial charge in [0, 0.05) is 23.2 Å². The highest BCUT2D eigenvalue weighted by Gasteiger charge is 2.47. The molecule has 29 heavy (non-hydrogen) atoms. The molecule has 0 fully saturated rings. The van der Waals surface area contributed by atoms with E-state index in [-0.39, 0.29) is 11.4 Å². The number of aromatic nitrogens is 1. The number of amides is 1. The van der Waals surface area contributed by atoms with Gasteiger partial charge in [-0.3, -0.25) is 19.5 Å². The molecular weight excluding hydrogens is 364 g/mol. The molecule has 0 saturated carbocycles. The Morgan fingerprint density at radius 3 is 2.45 bits per heavy atom. The minimum absolute atomic E-state index is 0.114. The molecule has 146 valence electrons. The molecule has 0 spiro atoms. The van der Waals surface area contributed by atoms with E-state index in [1.54, 1.807) is 39.2 Å². The van der Waals surface area contributed by atoms with Crippen LogP contribution in [0.3, 0.4) is 0 Å². The lowest BCUT2D eigenvalue weighted by molar-refractivity contribution is -0.123. The number of fused-ring (bicyclic) bond motifs is 1. The van der Waals surface area contributed by atoms with Crippen molar-refractivity contribution in [3.8, 4) is 0 Å². The summed E-state index contributed by atoms with van der Waals surface area (Å²) < 4.78 is 0. The highest BCUT2D eigenvalue weighted by atomic mass is 16.3. The molecule has 4 rings (SSSR count). The number of hydrogen-bond acceptors (Lipinski definition) is 4. The minimum Gasteiger partial charge on any atom is -0.503 e. The normalized spacial score (nSPS) is 17.3. The molecular formula is C24H22N2O3. The minimum atomic E-state index is -0.751. The van der Waals surface area contributed by atoms with Crippen LogP contribution >= 0.6 is 0 Å². The Morgan fingerprint density at radius 2 is 1.76 bits per heavy atom. The second-order valence-corrected chi connectivity index (χ2v) is 8.20. The number of rotatable bonds is 3. The van der Waals surface area contributed by atoms with Crippen LogP contribution in [0.5, 0.6) is 0 Å². The molecule has 2 heterocycles. The van der Waals surface area contributed by atoms with E-state index in [4.69, 9.17) is 0 Å². The summed E-state index contributed by atoms with van der Waals surface area (Å²) >= 11 is 0. The maximum Gasteiger partial charge on any atom is 0.294 e. The first-order chi connectivity index (χ1) is 13.8. The van der Waals surface area contributed by atoms with E-state index < -0.39 is 23.1 Å². The van der Waals surface area contributed by atoms with E-state index in [2.05, 4.69) is 4.98 Å². The number of benzene rings is 2. The van der Waals surface area contributed by atoms with E-state index in [1.165, 1.54) is 4.90 Å². The van der Waals surface area contributed by atoms with Crippen LogP contribution < -0.4 is 4.90 Å². The third-order valence-corrected chi connectivity index (χ3v) is 5.16. The molecule has 1 unspecified atom stereocenters. The highest BCUT2D eigenvalue weighted by Crippen LogP contribution is 2.44. The van der Waals surface area contributed by atoms with Crippen molar-refractivity contribution in [2.24, 2.45) is 5.41 Å². The Morgan fingerprint density at radius 1 is 1.03 bits per heavy atom. The molecule has 1 aromatic heterocycles. The van der Waals surface area contributed by atoms with Crippen molar-refractivity contribution >= 4 is 28.2 Å². The van der Waals surface area contributed by atoms with Gasteiger partial charge in [0.25, 0.3) is 5.91 Å². The van der Waals surface area contributed by atoms with Crippen molar-refractivity contribution in [2.75, 3.05) is 4.90 Å². The van der Waals surface area contributed by atoms with E-state index >= 15 is 0 Å². The molecule has 1 atom stereocenters. The second kappa shape index (κ2) is 6.85. The zero-order valence-electron chi connectivity index (χ0n) is 16.6. The van der Waals surface area contributed by atoms with Gasteiger partial charge < -0.3 is 5.11 Å². The van der Waals surface area contributed by atoms with E-state index in [1.807, 2.05) is 48.5 Å². The molecule has 3 aromatic rings. The first-order valence-corrected chi connectivity index (χ1v) is 9.50. The first kappa shape index (κ1) is 18.9. The number of aliphatic hydroxyl groups excluding tert-OH is 1. The van der Waals surface area contributed by atoms with Gasteiger partial charge in [-0.05, 0) is 23.1 Å². The number of carbonyl (C=O) groups excluding carboxylic acids is 2. The quantitative estimate of drug-likeness (QED) is 0.705. The maximum absolute atomic E-state index is 13.2. The predicted octanol–water partition coefficient (Wildman–Crippen LogP) is 4.75. The molecule has 5 heteroatoms. The monoisotopic (exact) mass is 386 g/mol. The van der Waals surface area contributed by atoms with Gasteiger partial charge in [0.1, 0.15) is 0 Å². The number of aliphatic hydroxyl groups is 1. The van der Waals surface area contributed by atoms with Crippen LogP contribution in [-0.4, -0.2) is 21.8 Å². The number of ketones is 1. The van der Waals surface area contributed by atoms with Gasteiger partial charge in [-0.15, -0.1) is 0 Å². The Labute approximate surface area is 169 Å². The van der Waals surface area contributed by atoms with Crippen LogP contribution in [0.4, 0.5) is 5.69 Å². The van der Waals surface area contributed by atoms with Gasteiger partial charge in [-0.25, -0.2) is 0 Å². The smallest absolute Gasteiger partial charge is 0.294 e. The van der Waals surface area contributed by atoms with E-state index in [0.717, 1.165) is 10.8 Å². The molecule has 1 N–H and O–H groups in total.